The molecule has 0 N–H and O–H groups in total. The molecule has 2 nitrogen and oxygen atoms in total. The maximum atomic E-state index is 13.0. The van der Waals surface area contributed by atoms with Gasteiger partial charge < -0.3 is 4.90 Å². The van der Waals surface area contributed by atoms with E-state index in [4.69, 9.17) is 11.6 Å². The van der Waals surface area contributed by atoms with Crippen molar-refractivity contribution in [3.05, 3.63) is 0 Å². The molecule has 1 aliphatic heterocycles. The van der Waals surface area contributed by atoms with E-state index in [0.29, 0.717) is 13.1 Å². The van der Waals surface area contributed by atoms with E-state index in [1.165, 1.54) is 0 Å². The first-order valence-electron chi connectivity index (χ1n) is 4.04. The Balaban J connectivity index is 2.52. The fraction of sp³-hybridized carbons (Fsp3) is 1.00. The molecule has 0 radical (unpaired) electrons. The van der Waals surface area contributed by atoms with Crippen LogP contribution in [-0.2, 0) is 0 Å². The Bertz CT molecular complexity index is 169. The van der Waals surface area contributed by atoms with Gasteiger partial charge in [-0.3, -0.25) is 0 Å². The summed E-state index contributed by atoms with van der Waals surface area (Å²) in [6, 6.07) is -3.54. The monoisotopic (exact) mass is 216 g/mol. The quantitative estimate of drug-likeness (QED) is 0.508. The first-order valence-corrected chi connectivity index (χ1v) is 4.48. The Hall–Kier alpha value is -0.0000000000000000555. The van der Waals surface area contributed by atoms with Gasteiger partial charge in [0.15, 0.2) is 0 Å². The van der Waals surface area contributed by atoms with Gasteiger partial charge in [0.25, 0.3) is 5.63 Å². The summed E-state index contributed by atoms with van der Waals surface area (Å²) in [5.74, 6) is 0. The van der Waals surface area contributed by atoms with Crippen molar-refractivity contribution in [1.82, 2.24) is 9.80 Å². The fourth-order valence-electron chi connectivity index (χ4n) is 1.24. The van der Waals surface area contributed by atoms with Crippen LogP contribution >= 0.6 is 11.6 Å². The molecule has 1 heterocycles. The lowest BCUT2D eigenvalue weighted by molar-refractivity contribution is -0.180. The normalized spacial score (nSPS) is 24.7. The van der Waals surface area contributed by atoms with Crippen molar-refractivity contribution >= 4 is 11.6 Å². The van der Waals surface area contributed by atoms with Gasteiger partial charge in [-0.1, -0.05) is 11.6 Å². The smallest absolute Gasteiger partial charge is 0.304 e. The Labute approximate surface area is 80.2 Å². The van der Waals surface area contributed by atoms with Crippen LogP contribution in [0.5, 0.6) is 0 Å². The van der Waals surface area contributed by atoms with Crippen LogP contribution in [0.1, 0.15) is 0 Å². The average Bonchev–Trinajstić information content (AvgIpc) is 2.04. The van der Waals surface area contributed by atoms with E-state index >= 15 is 0 Å². The molecule has 1 rings (SSSR count). The number of rotatable bonds is 2. The van der Waals surface area contributed by atoms with E-state index in [-0.39, 0.29) is 13.1 Å². The minimum absolute atomic E-state index is 0.149. The van der Waals surface area contributed by atoms with Crippen LogP contribution in [0.2, 0.25) is 0 Å². The Morgan fingerprint density at radius 2 is 1.69 bits per heavy atom. The van der Waals surface area contributed by atoms with Gasteiger partial charge in [0.1, 0.15) is 0 Å². The molecule has 13 heavy (non-hydrogen) atoms. The number of piperazine rings is 1. The molecule has 1 atom stereocenters. The van der Waals surface area contributed by atoms with E-state index in [1.807, 2.05) is 11.9 Å². The molecule has 0 aliphatic carbocycles. The second-order valence-corrected chi connectivity index (χ2v) is 3.56. The zero-order valence-corrected chi connectivity index (χ0v) is 8.07. The molecule has 0 spiro atoms. The van der Waals surface area contributed by atoms with Gasteiger partial charge in [0.05, 0.1) is 0 Å². The maximum Gasteiger partial charge on any atom is 0.349 e. The lowest BCUT2D eigenvalue weighted by atomic mass is 10.3. The van der Waals surface area contributed by atoms with E-state index in [1.54, 1.807) is 0 Å². The molecule has 6 heteroatoms. The molecule has 0 bridgehead atoms. The van der Waals surface area contributed by atoms with Crippen LogP contribution in [0, 0.1) is 0 Å². The highest BCUT2D eigenvalue weighted by atomic mass is 35.5. The predicted octanol–water partition coefficient (Wildman–Crippen LogP) is 1.36. The van der Waals surface area contributed by atoms with Gasteiger partial charge in [-0.05, 0) is 7.05 Å². The molecule has 1 saturated heterocycles. The summed E-state index contributed by atoms with van der Waals surface area (Å²) in [4.78, 5) is 2.69. The van der Waals surface area contributed by atoms with Crippen LogP contribution in [-0.4, -0.2) is 54.7 Å². The van der Waals surface area contributed by atoms with E-state index < -0.39 is 11.7 Å². The van der Waals surface area contributed by atoms with Gasteiger partial charge in [-0.25, -0.2) is 9.29 Å². The molecule has 0 aromatic rings. The molecule has 1 aliphatic rings. The number of likely N-dealkylation sites (N-methyl/N-ethyl adjacent to an activating group) is 1. The summed E-state index contributed by atoms with van der Waals surface area (Å²) < 4.78 is 38.2. The molecule has 0 aromatic carbocycles. The van der Waals surface area contributed by atoms with Gasteiger partial charge in [0.2, 0.25) is 0 Å². The van der Waals surface area contributed by atoms with Crippen molar-refractivity contribution < 1.29 is 13.2 Å². The highest BCUT2D eigenvalue weighted by Crippen LogP contribution is 2.29. The van der Waals surface area contributed by atoms with Crippen molar-refractivity contribution in [3.63, 3.8) is 0 Å². The minimum Gasteiger partial charge on any atom is -0.304 e. The van der Waals surface area contributed by atoms with E-state index in [9.17, 15) is 13.2 Å². The van der Waals surface area contributed by atoms with Crippen molar-refractivity contribution in [3.8, 4) is 0 Å². The number of nitrogens with zero attached hydrogens (tertiary/aromatic N) is 2. The average molecular weight is 217 g/mol. The van der Waals surface area contributed by atoms with Crippen LogP contribution in [0.15, 0.2) is 0 Å². The maximum absolute atomic E-state index is 13.0. The lowest BCUT2D eigenvalue weighted by Gasteiger charge is -2.37. The second kappa shape index (κ2) is 4.02. The Morgan fingerprint density at radius 3 is 2.08 bits per heavy atom. The highest BCUT2D eigenvalue weighted by molar-refractivity contribution is 6.20. The Kier molecular flexibility index (Phi) is 3.43. The van der Waals surface area contributed by atoms with Crippen LogP contribution in [0.4, 0.5) is 13.2 Å². The van der Waals surface area contributed by atoms with Gasteiger partial charge in [0, 0.05) is 26.2 Å². The molecule has 0 amide bonds. The topological polar surface area (TPSA) is 6.48 Å². The molecule has 1 fully saturated rings. The van der Waals surface area contributed by atoms with Crippen molar-refractivity contribution in [2.75, 3.05) is 33.2 Å². The Morgan fingerprint density at radius 1 is 1.23 bits per heavy atom. The summed E-state index contributed by atoms with van der Waals surface area (Å²) in [7, 11) is 1.84. The van der Waals surface area contributed by atoms with Crippen LogP contribution < -0.4 is 0 Å². The number of hydrogen-bond acceptors (Lipinski definition) is 2. The lowest BCUT2D eigenvalue weighted by Crippen LogP contribution is -2.55. The third kappa shape index (κ3) is 2.48. The van der Waals surface area contributed by atoms with Crippen LogP contribution in [0.25, 0.3) is 0 Å². The fourth-order valence-corrected chi connectivity index (χ4v) is 1.38. The molecule has 1 unspecified atom stereocenters. The minimum atomic E-state index is -3.54. The van der Waals surface area contributed by atoms with E-state index in [0.717, 1.165) is 4.90 Å². The van der Waals surface area contributed by atoms with Crippen molar-refractivity contribution in [1.29, 1.82) is 0 Å². The standard InChI is InChI=1S/C7H12ClF3N2/c1-12-2-4-13(5-3-12)7(10,11)6(8)9/h6H,2-5H2,1H3. The molecular formula is C7H12ClF3N2. The summed E-state index contributed by atoms with van der Waals surface area (Å²) in [5.41, 5.74) is -2.63. The largest absolute Gasteiger partial charge is 0.349 e. The molecule has 0 saturated carbocycles. The number of hydrogen-bond donors (Lipinski definition) is 0. The summed E-state index contributed by atoms with van der Waals surface area (Å²) >= 11 is 4.77. The predicted molar refractivity (Wildman–Crippen MR) is 44.8 cm³/mol. The molecule has 0 aromatic heterocycles. The van der Waals surface area contributed by atoms with Crippen molar-refractivity contribution in [2.45, 2.75) is 11.7 Å². The summed E-state index contributed by atoms with van der Waals surface area (Å²) in [6.45, 7) is 1.33. The zero-order chi connectivity index (χ0) is 10.1. The second-order valence-electron chi connectivity index (χ2n) is 3.18. The third-order valence-electron chi connectivity index (χ3n) is 2.19. The molecule has 78 valence electrons. The van der Waals surface area contributed by atoms with Crippen LogP contribution in [0.3, 0.4) is 0 Å². The SMILES string of the molecule is CN1CCN(C(F)(F)C(F)Cl)CC1. The third-order valence-corrected chi connectivity index (χ3v) is 2.45. The summed E-state index contributed by atoms with van der Waals surface area (Å²) in [5, 5.41) is 0. The molecular weight excluding hydrogens is 205 g/mol. The number of halogens is 4. The van der Waals surface area contributed by atoms with E-state index in [2.05, 4.69) is 0 Å². The number of alkyl halides is 4. The van der Waals surface area contributed by atoms with Gasteiger partial charge >= 0.3 is 6.05 Å². The highest BCUT2D eigenvalue weighted by Gasteiger charge is 2.45. The van der Waals surface area contributed by atoms with Gasteiger partial charge in [-0.15, -0.1) is 0 Å². The summed E-state index contributed by atoms with van der Waals surface area (Å²) in [6.07, 6.45) is 0. The first kappa shape index (κ1) is 11.1. The van der Waals surface area contributed by atoms with Gasteiger partial charge in [-0.2, -0.15) is 8.78 Å². The van der Waals surface area contributed by atoms with Crippen molar-refractivity contribution in [2.24, 2.45) is 0 Å². The first-order chi connectivity index (χ1) is 5.94. The zero-order valence-electron chi connectivity index (χ0n) is 7.31.